The summed E-state index contributed by atoms with van der Waals surface area (Å²) in [4.78, 5) is 15.9. The Morgan fingerprint density at radius 3 is 2.27 bits per heavy atom. The first kappa shape index (κ1) is 27.1. The first-order valence-corrected chi connectivity index (χ1v) is 13.3. The molecule has 0 atom stereocenters. The highest BCUT2D eigenvalue weighted by atomic mass is 35.5. The molecule has 1 heterocycles. The lowest BCUT2D eigenvalue weighted by Gasteiger charge is -2.10. The summed E-state index contributed by atoms with van der Waals surface area (Å²) >= 11 is 12.4. The second-order valence-corrected chi connectivity index (χ2v) is 9.88. The molecule has 6 nitrogen and oxygen atoms in total. The Kier molecular flexibility index (Phi) is 7.91. The summed E-state index contributed by atoms with van der Waals surface area (Å²) < 4.78 is 7.91. The molecular formula is C32H25Cl2N3O3. The fourth-order valence-corrected chi connectivity index (χ4v) is 4.72. The minimum Gasteiger partial charge on any atom is -0.478 e. The van der Waals surface area contributed by atoms with Crippen LogP contribution in [-0.4, -0.2) is 20.6 Å². The summed E-state index contributed by atoms with van der Waals surface area (Å²) in [5.74, 6) is 0.802. The van der Waals surface area contributed by atoms with Crippen molar-refractivity contribution in [3.8, 4) is 33.9 Å². The summed E-state index contributed by atoms with van der Waals surface area (Å²) in [7, 11) is 0. The monoisotopic (exact) mass is 569 g/mol. The van der Waals surface area contributed by atoms with Crippen LogP contribution >= 0.6 is 23.2 Å². The number of carboxylic acid groups (broad SMARTS) is 1. The van der Waals surface area contributed by atoms with Crippen LogP contribution in [0.25, 0.3) is 34.5 Å². The van der Waals surface area contributed by atoms with Crippen molar-refractivity contribution in [3.05, 3.63) is 118 Å². The fourth-order valence-electron chi connectivity index (χ4n) is 4.22. The molecule has 0 fully saturated rings. The number of aromatic carboxylic acids is 1. The Morgan fingerprint density at radius 1 is 0.950 bits per heavy atom. The molecule has 200 valence electrons. The van der Waals surface area contributed by atoms with Crippen molar-refractivity contribution in [1.82, 2.24) is 9.55 Å². The Balaban J connectivity index is 1.28. The van der Waals surface area contributed by atoms with E-state index >= 15 is 0 Å². The molecule has 0 amide bonds. The normalized spacial score (nSPS) is 11.2. The van der Waals surface area contributed by atoms with Crippen LogP contribution in [0.1, 0.15) is 28.7 Å². The first-order chi connectivity index (χ1) is 19.3. The van der Waals surface area contributed by atoms with E-state index in [0.717, 1.165) is 40.3 Å². The highest BCUT2D eigenvalue weighted by Crippen LogP contribution is 2.32. The number of nitrogens with zero attached hydrogens (tertiary/aromatic N) is 2. The van der Waals surface area contributed by atoms with Crippen LogP contribution in [0.3, 0.4) is 0 Å². The second kappa shape index (κ2) is 11.7. The number of hydrogen-bond donors (Lipinski definition) is 2. The van der Waals surface area contributed by atoms with E-state index in [1.807, 2.05) is 54.7 Å². The number of rotatable bonds is 8. The predicted octanol–water partition coefficient (Wildman–Crippen LogP) is 8.79. The molecule has 0 aliphatic rings. The van der Waals surface area contributed by atoms with Gasteiger partial charge in [-0.15, -0.1) is 0 Å². The SMILES string of the molecule is CCn1cc(-c2ccc(Cl)cc2Cl)nc1C=Cc1ccc(-c2ccc(Oc3ccc(C(=O)O)cc3N)cc2)cc1. The molecular weight excluding hydrogens is 545 g/mol. The van der Waals surface area contributed by atoms with Crippen molar-refractivity contribution in [2.75, 3.05) is 5.73 Å². The third kappa shape index (κ3) is 6.04. The fraction of sp³-hybridized carbons (Fsp3) is 0.0625. The molecule has 0 saturated heterocycles. The van der Waals surface area contributed by atoms with Gasteiger partial charge in [-0.25, -0.2) is 9.78 Å². The summed E-state index contributed by atoms with van der Waals surface area (Å²) in [6.07, 6.45) is 6.01. The van der Waals surface area contributed by atoms with Gasteiger partial charge in [0.05, 0.1) is 22.0 Å². The average Bonchev–Trinajstić information content (AvgIpc) is 3.36. The van der Waals surface area contributed by atoms with Gasteiger partial charge < -0.3 is 20.1 Å². The molecule has 0 radical (unpaired) electrons. The maximum absolute atomic E-state index is 11.1. The van der Waals surface area contributed by atoms with Crippen molar-refractivity contribution in [1.29, 1.82) is 0 Å². The molecule has 1 aromatic heterocycles. The molecule has 3 N–H and O–H groups in total. The van der Waals surface area contributed by atoms with Gasteiger partial charge in [0.2, 0.25) is 0 Å². The molecule has 0 spiro atoms. The molecule has 5 aromatic rings. The van der Waals surface area contributed by atoms with Crippen LogP contribution in [0.2, 0.25) is 10.0 Å². The van der Waals surface area contributed by atoms with E-state index in [9.17, 15) is 4.79 Å². The molecule has 5 rings (SSSR count). The second-order valence-electron chi connectivity index (χ2n) is 9.03. The molecule has 8 heteroatoms. The van der Waals surface area contributed by atoms with Crippen LogP contribution < -0.4 is 10.5 Å². The number of anilines is 1. The zero-order chi connectivity index (χ0) is 28.2. The number of carboxylic acids is 1. The van der Waals surface area contributed by atoms with Gasteiger partial charge in [-0.05, 0) is 78.2 Å². The number of aromatic nitrogens is 2. The van der Waals surface area contributed by atoms with Crippen LogP contribution in [-0.2, 0) is 6.54 Å². The molecule has 0 aliphatic heterocycles. The summed E-state index contributed by atoms with van der Waals surface area (Å²) in [5.41, 5.74) is 11.1. The summed E-state index contributed by atoms with van der Waals surface area (Å²) in [6.45, 7) is 2.85. The Hall–Kier alpha value is -4.52. The molecule has 0 aliphatic carbocycles. The van der Waals surface area contributed by atoms with Gasteiger partial charge in [0.15, 0.2) is 0 Å². The van der Waals surface area contributed by atoms with E-state index in [1.165, 1.54) is 12.1 Å². The van der Waals surface area contributed by atoms with Gasteiger partial charge in [-0.2, -0.15) is 0 Å². The third-order valence-corrected chi connectivity index (χ3v) is 6.91. The molecule has 0 unspecified atom stereocenters. The molecule has 0 bridgehead atoms. The number of nitrogens with two attached hydrogens (primary N) is 1. The number of aryl methyl sites for hydroxylation is 1. The lowest BCUT2D eigenvalue weighted by Crippen LogP contribution is -1.99. The lowest BCUT2D eigenvalue weighted by molar-refractivity contribution is 0.0697. The van der Waals surface area contributed by atoms with Crippen molar-refractivity contribution in [2.24, 2.45) is 0 Å². The van der Waals surface area contributed by atoms with Crippen LogP contribution in [0.15, 0.2) is 91.1 Å². The minimum absolute atomic E-state index is 0.113. The van der Waals surface area contributed by atoms with Gasteiger partial charge in [0.1, 0.15) is 17.3 Å². The zero-order valence-electron chi connectivity index (χ0n) is 21.5. The summed E-state index contributed by atoms with van der Waals surface area (Å²) in [5, 5.41) is 10.2. The molecule has 0 saturated carbocycles. The minimum atomic E-state index is -1.04. The third-order valence-electron chi connectivity index (χ3n) is 6.36. The number of nitrogen functional groups attached to an aromatic ring is 1. The van der Waals surface area contributed by atoms with E-state index in [1.54, 1.807) is 12.1 Å². The maximum atomic E-state index is 11.1. The lowest BCUT2D eigenvalue weighted by atomic mass is 10.0. The number of benzene rings is 4. The number of carbonyl (C=O) groups is 1. The van der Waals surface area contributed by atoms with Crippen LogP contribution in [0.5, 0.6) is 11.5 Å². The van der Waals surface area contributed by atoms with Gasteiger partial charge in [-0.1, -0.05) is 65.7 Å². The Labute approximate surface area is 241 Å². The Morgan fingerprint density at radius 2 is 1.65 bits per heavy atom. The van der Waals surface area contributed by atoms with Crippen molar-refractivity contribution >= 4 is 47.0 Å². The van der Waals surface area contributed by atoms with Gasteiger partial charge in [-0.3, -0.25) is 0 Å². The maximum Gasteiger partial charge on any atom is 0.335 e. The van der Waals surface area contributed by atoms with Gasteiger partial charge in [0.25, 0.3) is 0 Å². The summed E-state index contributed by atoms with van der Waals surface area (Å²) in [6, 6.07) is 25.7. The van der Waals surface area contributed by atoms with Crippen molar-refractivity contribution in [2.45, 2.75) is 13.5 Å². The number of imidazole rings is 1. The quantitative estimate of drug-likeness (QED) is 0.182. The zero-order valence-corrected chi connectivity index (χ0v) is 23.0. The number of ether oxygens (including phenoxy) is 1. The van der Waals surface area contributed by atoms with E-state index in [4.69, 9.17) is 43.8 Å². The van der Waals surface area contributed by atoms with E-state index in [2.05, 4.69) is 35.8 Å². The first-order valence-electron chi connectivity index (χ1n) is 12.5. The van der Waals surface area contributed by atoms with Crippen LogP contribution in [0.4, 0.5) is 5.69 Å². The highest BCUT2D eigenvalue weighted by Gasteiger charge is 2.11. The van der Waals surface area contributed by atoms with E-state index in [0.29, 0.717) is 21.5 Å². The van der Waals surface area contributed by atoms with Crippen molar-refractivity contribution < 1.29 is 14.6 Å². The average molecular weight is 570 g/mol. The van der Waals surface area contributed by atoms with Crippen LogP contribution in [0, 0.1) is 0 Å². The topological polar surface area (TPSA) is 90.4 Å². The standard InChI is InChI=1S/C32H25Cl2N3O3/c1-2-37-19-29(26-14-11-24(33)18-27(26)34)36-31(37)16-5-20-3-6-21(7-4-20)22-8-12-25(13-9-22)40-30-15-10-23(32(38)39)17-28(30)35/h3-19H,2,35H2,1H3,(H,38,39). The highest BCUT2D eigenvalue weighted by molar-refractivity contribution is 6.36. The predicted molar refractivity (Wildman–Crippen MR) is 162 cm³/mol. The van der Waals surface area contributed by atoms with E-state index in [-0.39, 0.29) is 11.3 Å². The van der Waals surface area contributed by atoms with Gasteiger partial charge in [0, 0.05) is 23.3 Å². The number of halogens is 2. The number of hydrogen-bond acceptors (Lipinski definition) is 4. The Bertz CT molecular complexity index is 1710. The molecule has 4 aromatic carbocycles. The smallest absolute Gasteiger partial charge is 0.335 e. The van der Waals surface area contributed by atoms with Gasteiger partial charge >= 0.3 is 5.97 Å². The largest absolute Gasteiger partial charge is 0.478 e. The van der Waals surface area contributed by atoms with Crippen molar-refractivity contribution in [3.63, 3.8) is 0 Å². The molecule has 40 heavy (non-hydrogen) atoms. The van der Waals surface area contributed by atoms with E-state index < -0.39 is 5.97 Å².